The molecule has 0 aliphatic rings. The Morgan fingerprint density at radius 3 is 2.35 bits per heavy atom. The molecular weight excluding hydrogens is 292 g/mol. The molecule has 0 fully saturated rings. The van der Waals surface area contributed by atoms with Crippen molar-refractivity contribution in [1.29, 1.82) is 0 Å². The van der Waals surface area contributed by atoms with E-state index < -0.39 is 38.1 Å². The van der Waals surface area contributed by atoms with Crippen LogP contribution in [0.1, 0.15) is 20.8 Å². The minimum Gasteiger partial charge on any atom is -0.480 e. The Balaban J connectivity index is 3.48. The number of hydrogen-bond acceptors (Lipinski definition) is 3. The minimum atomic E-state index is -4.47. The Morgan fingerprint density at radius 2 is 1.90 bits per heavy atom. The van der Waals surface area contributed by atoms with Crippen molar-refractivity contribution in [2.45, 2.75) is 31.2 Å². The van der Waals surface area contributed by atoms with Gasteiger partial charge < -0.3 is 5.11 Å². The van der Waals surface area contributed by atoms with E-state index in [1.807, 2.05) is 0 Å². The summed E-state index contributed by atoms with van der Waals surface area (Å²) in [5, 5.41) is 9.10. The number of nitrogens with zero attached hydrogens (tertiary/aromatic N) is 1. The molecule has 1 N–H and O–H groups in total. The zero-order valence-electron chi connectivity index (χ0n) is 11.2. The highest BCUT2D eigenvalue weighted by Crippen LogP contribution is 2.27. The lowest BCUT2D eigenvalue weighted by Gasteiger charge is -2.33. The highest BCUT2D eigenvalue weighted by Gasteiger charge is 2.42. The molecule has 0 radical (unpaired) electrons. The van der Waals surface area contributed by atoms with Crippen LogP contribution in [0, 0.1) is 11.6 Å². The van der Waals surface area contributed by atoms with Gasteiger partial charge in [0.2, 0.25) is 10.0 Å². The van der Waals surface area contributed by atoms with E-state index in [0.29, 0.717) is 16.4 Å². The van der Waals surface area contributed by atoms with E-state index in [4.69, 9.17) is 5.11 Å². The molecule has 20 heavy (non-hydrogen) atoms. The van der Waals surface area contributed by atoms with Gasteiger partial charge in [-0.25, -0.2) is 17.2 Å². The number of benzene rings is 1. The molecule has 112 valence electrons. The first-order valence-electron chi connectivity index (χ1n) is 5.76. The third-order valence-corrected chi connectivity index (χ3v) is 5.06. The third kappa shape index (κ3) is 2.80. The predicted molar refractivity (Wildman–Crippen MR) is 67.6 cm³/mol. The summed E-state index contributed by atoms with van der Waals surface area (Å²) in [5.74, 6) is -3.44. The van der Waals surface area contributed by atoms with E-state index in [-0.39, 0.29) is 6.54 Å². The maximum atomic E-state index is 13.6. The molecule has 5 nitrogen and oxygen atoms in total. The molecule has 0 amide bonds. The van der Waals surface area contributed by atoms with Gasteiger partial charge in [0.05, 0.1) is 0 Å². The Kier molecular flexibility index (Phi) is 4.50. The van der Waals surface area contributed by atoms with Gasteiger partial charge in [-0.2, -0.15) is 4.31 Å². The molecule has 0 saturated carbocycles. The van der Waals surface area contributed by atoms with Crippen molar-refractivity contribution in [1.82, 2.24) is 4.31 Å². The molecule has 0 spiro atoms. The second-order valence-electron chi connectivity index (χ2n) is 4.61. The Bertz CT molecular complexity index is 628. The first kappa shape index (κ1) is 16.5. The van der Waals surface area contributed by atoms with E-state index in [2.05, 4.69) is 0 Å². The van der Waals surface area contributed by atoms with Crippen LogP contribution >= 0.6 is 0 Å². The summed E-state index contributed by atoms with van der Waals surface area (Å²) in [7, 11) is -4.47. The first-order chi connectivity index (χ1) is 9.05. The van der Waals surface area contributed by atoms with E-state index >= 15 is 0 Å². The van der Waals surface area contributed by atoms with E-state index in [1.54, 1.807) is 0 Å². The van der Waals surface area contributed by atoms with Gasteiger partial charge in [0, 0.05) is 6.54 Å². The minimum absolute atomic E-state index is 0.197. The van der Waals surface area contributed by atoms with Crippen molar-refractivity contribution in [3.05, 3.63) is 29.8 Å². The number of halogens is 2. The molecule has 0 aliphatic heterocycles. The highest BCUT2D eigenvalue weighted by molar-refractivity contribution is 7.89. The summed E-state index contributed by atoms with van der Waals surface area (Å²) in [6, 6.07) is 2.00. The van der Waals surface area contributed by atoms with Crippen LogP contribution in [0.5, 0.6) is 0 Å². The van der Waals surface area contributed by atoms with Gasteiger partial charge in [0.1, 0.15) is 22.1 Å². The van der Waals surface area contributed by atoms with Gasteiger partial charge in [0.25, 0.3) is 0 Å². The van der Waals surface area contributed by atoms with Crippen molar-refractivity contribution < 1.29 is 27.1 Å². The summed E-state index contributed by atoms with van der Waals surface area (Å²) in [5.41, 5.74) is -1.79. The second-order valence-corrected chi connectivity index (χ2v) is 6.44. The average Bonchev–Trinajstić information content (AvgIpc) is 2.32. The average molecular weight is 307 g/mol. The number of hydrogen-bond donors (Lipinski definition) is 1. The summed E-state index contributed by atoms with van der Waals surface area (Å²) >= 11 is 0. The molecule has 0 bridgehead atoms. The van der Waals surface area contributed by atoms with Gasteiger partial charge >= 0.3 is 5.97 Å². The maximum absolute atomic E-state index is 13.6. The van der Waals surface area contributed by atoms with Crippen LogP contribution in [0.25, 0.3) is 0 Å². The first-order valence-corrected chi connectivity index (χ1v) is 7.20. The van der Waals surface area contributed by atoms with Crippen molar-refractivity contribution in [2.75, 3.05) is 6.54 Å². The zero-order valence-corrected chi connectivity index (χ0v) is 12.0. The Labute approximate surface area is 115 Å². The molecular formula is C12H15F2NO4S. The standard InChI is InChI=1S/C12H15F2NO4S/c1-4-15(12(2,3)11(16)17)20(18,19)10-7-8(13)5-6-9(10)14/h5-7H,4H2,1-3H3,(H,16,17). The molecule has 1 aromatic rings. The van der Waals surface area contributed by atoms with Crippen molar-refractivity contribution in [3.8, 4) is 0 Å². The second kappa shape index (κ2) is 5.45. The fourth-order valence-electron chi connectivity index (χ4n) is 1.77. The van der Waals surface area contributed by atoms with E-state index in [9.17, 15) is 22.0 Å². The van der Waals surface area contributed by atoms with Gasteiger partial charge in [-0.3, -0.25) is 4.79 Å². The molecule has 8 heteroatoms. The van der Waals surface area contributed by atoms with Crippen molar-refractivity contribution in [3.63, 3.8) is 0 Å². The SMILES string of the molecule is CCN(C(C)(C)C(=O)O)S(=O)(=O)c1cc(F)ccc1F. The third-order valence-electron chi connectivity index (χ3n) is 2.90. The van der Waals surface area contributed by atoms with Gasteiger partial charge in [-0.15, -0.1) is 0 Å². The quantitative estimate of drug-likeness (QED) is 0.900. The fourth-order valence-corrected chi connectivity index (χ4v) is 3.60. The monoisotopic (exact) mass is 307 g/mol. The van der Waals surface area contributed by atoms with Crippen LogP contribution in [0.2, 0.25) is 0 Å². The lowest BCUT2D eigenvalue weighted by Crippen LogP contribution is -2.52. The molecule has 0 heterocycles. The molecule has 0 aliphatic carbocycles. The highest BCUT2D eigenvalue weighted by atomic mass is 32.2. The van der Waals surface area contributed by atoms with Crippen molar-refractivity contribution >= 4 is 16.0 Å². The smallest absolute Gasteiger partial charge is 0.324 e. The number of carbonyl (C=O) groups is 1. The number of aliphatic carboxylic acids is 1. The van der Waals surface area contributed by atoms with Crippen LogP contribution in [0.4, 0.5) is 8.78 Å². The molecule has 0 unspecified atom stereocenters. The molecule has 0 saturated heterocycles. The van der Waals surface area contributed by atoms with Crippen LogP contribution in [-0.4, -0.2) is 35.9 Å². The number of rotatable bonds is 5. The fraction of sp³-hybridized carbons (Fsp3) is 0.417. The molecule has 0 atom stereocenters. The number of likely N-dealkylation sites (N-methyl/N-ethyl adjacent to an activating group) is 1. The van der Waals surface area contributed by atoms with Crippen LogP contribution < -0.4 is 0 Å². The summed E-state index contributed by atoms with van der Waals surface area (Å²) < 4.78 is 52.1. The van der Waals surface area contributed by atoms with Crippen LogP contribution in [0.15, 0.2) is 23.1 Å². The number of sulfonamides is 1. The number of carboxylic acids is 1. The predicted octanol–water partition coefficient (Wildman–Crippen LogP) is 1.84. The number of carboxylic acid groups (broad SMARTS) is 1. The van der Waals surface area contributed by atoms with E-state index in [1.165, 1.54) is 20.8 Å². The van der Waals surface area contributed by atoms with Crippen molar-refractivity contribution in [2.24, 2.45) is 0 Å². The maximum Gasteiger partial charge on any atom is 0.324 e. The van der Waals surface area contributed by atoms with Gasteiger partial charge in [-0.1, -0.05) is 6.92 Å². The topological polar surface area (TPSA) is 74.7 Å². The molecule has 1 rings (SSSR count). The summed E-state index contributed by atoms with van der Waals surface area (Å²) in [6.07, 6.45) is 0. The Morgan fingerprint density at radius 1 is 1.35 bits per heavy atom. The normalized spacial score (nSPS) is 12.7. The van der Waals surface area contributed by atoms with E-state index in [0.717, 1.165) is 6.07 Å². The zero-order chi connectivity index (χ0) is 15.7. The van der Waals surface area contributed by atoms with Crippen LogP contribution in [-0.2, 0) is 14.8 Å². The molecule has 1 aromatic carbocycles. The van der Waals surface area contributed by atoms with Gasteiger partial charge in [-0.05, 0) is 32.0 Å². The summed E-state index contributed by atoms with van der Waals surface area (Å²) in [6.45, 7) is 3.57. The lowest BCUT2D eigenvalue weighted by atomic mass is 10.1. The molecule has 0 aromatic heterocycles. The van der Waals surface area contributed by atoms with Gasteiger partial charge in [0.15, 0.2) is 0 Å². The summed E-state index contributed by atoms with van der Waals surface area (Å²) in [4.78, 5) is 10.3. The Hall–Kier alpha value is -1.54. The van der Waals surface area contributed by atoms with Crippen LogP contribution in [0.3, 0.4) is 0 Å². The lowest BCUT2D eigenvalue weighted by molar-refractivity contribution is -0.146. The largest absolute Gasteiger partial charge is 0.480 e.